The van der Waals surface area contributed by atoms with Crippen molar-refractivity contribution in [2.45, 2.75) is 12.3 Å². The van der Waals surface area contributed by atoms with E-state index >= 15 is 0 Å². The Hall–Kier alpha value is -0.870. The average Bonchev–Trinajstić information content (AvgIpc) is 2.72. The molecule has 0 saturated heterocycles. The highest BCUT2D eigenvalue weighted by Crippen LogP contribution is 2.32. The van der Waals surface area contributed by atoms with Crippen molar-refractivity contribution >= 4 is 10.8 Å². The first-order valence-electron chi connectivity index (χ1n) is 6.00. The molecule has 1 heterocycles. The minimum atomic E-state index is -0.672. The quantitative estimate of drug-likeness (QED) is 0.781. The normalized spacial score (nSPS) is 19.7. The zero-order valence-electron chi connectivity index (χ0n) is 10.1. The van der Waals surface area contributed by atoms with Crippen LogP contribution in [0.5, 0.6) is 5.75 Å². The van der Waals surface area contributed by atoms with Crippen molar-refractivity contribution in [2.75, 3.05) is 31.7 Å². The van der Waals surface area contributed by atoms with Gasteiger partial charge in [-0.05, 0) is 19.0 Å². The van der Waals surface area contributed by atoms with E-state index in [9.17, 15) is 4.21 Å². The van der Waals surface area contributed by atoms with Crippen molar-refractivity contribution < 1.29 is 8.95 Å². The van der Waals surface area contributed by atoms with Crippen molar-refractivity contribution in [2.24, 2.45) is 0 Å². The molecule has 94 valence electrons. The van der Waals surface area contributed by atoms with Crippen molar-refractivity contribution in [3.63, 3.8) is 0 Å². The second-order valence-electron chi connectivity index (χ2n) is 4.38. The molecule has 0 bridgehead atoms. The lowest BCUT2D eigenvalue weighted by atomic mass is 10.0. The van der Waals surface area contributed by atoms with Gasteiger partial charge in [-0.15, -0.1) is 0 Å². The minimum absolute atomic E-state index is 0.457. The molecule has 0 amide bonds. The smallest absolute Gasteiger partial charge is 0.122 e. The number of ether oxygens (including phenoxy) is 1. The van der Waals surface area contributed by atoms with E-state index < -0.39 is 10.8 Å². The third-order valence-electron chi connectivity index (χ3n) is 2.97. The first-order valence-corrected chi connectivity index (χ1v) is 7.72. The molecule has 1 aliphatic rings. The Bertz CT molecular complexity index is 395. The van der Waals surface area contributed by atoms with Gasteiger partial charge in [0.1, 0.15) is 5.75 Å². The van der Waals surface area contributed by atoms with Crippen LogP contribution in [0.15, 0.2) is 24.3 Å². The first kappa shape index (κ1) is 12.6. The second-order valence-corrected chi connectivity index (χ2v) is 5.94. The molecular weight excluding hydrogens is 234 g/mol. The number of fused-ring (bicyclic) bond motifs is 1. The van der Waals surface area contributed by atoms with Crippen LogP contribution in [0.25, 0.3) is 0 Å². The molecule has 1 aliphatic heterocycles. The maximum absolute atomic E-state index is 10.9. The summed E-state index contributed by atoms with van der Waals surface area (Å²) in [4.78, 5) is 0. The molecule has 1 N–H and O–H groups in total. The molecule has 1 aromatic rings. The fraction of sp³-hybridized carbons (Fsp3) is 0.538. The summed E-state index contributed by atoms with van der Waals surface area (Å²) in [6, 6.07) is 8.22. The maximum Gasteiger partial charge on any atom is 0.122 e. The average molecular weight is 253 g/mol. The van der Waals surface area contributed by atoms with Gasteiger partial charge in [-0.2, -0.15) is 0 Å². The summed E-state index contributed by atoms with van der Waals surface area (Å²) < 4.78 is 16.5. The van der Waals surface area contributed by atoms with Crippen LogP contribution in [0, 0.1) is 0 Å². The molecule has 1 aromatic carbocycles. The molecule has 17 heavy (non-hydrogen) atoms. The van der Waals surface area contributed by atoms with E-state index in [0.717, 1.165) is 37.6 Å². The summed E-state index contributed by atoms with van der Waals surface area (Å²) in [5.41, 5.74) is 1.30. The number of hydrogen-bond acceptors (Lipinski definition) is 3. The van der Waals surface area contributed by atoms with E-state index in [1.54, 1.807) is 6.26 Å². The minimum Gasteiger partial charge on any atom is -0.493 e. The molecule has 0 saturated carbocycles. The molecule has 0 radical (unpaired) electrons. The largest absolute Gasteiger partial charge is 0.493 e. The Kier molecular flexibility index (Phi) is 4.57. The van der Waals surface area contributed by atoms with Gasteiger partial charge in [-0.3, -0.25) is 4.21 Å². The molecule has 0 spiro atoms. The molecule has 3 nitrogen and oxygen atoms in total. The van der Waals surface area contributed by atoms with Gasteiger partial charge in [-0.25, -0.2) is 0 Å². The van der Waals surface area contributed by atoms with Crippen molar-refractivity contribution in [1.82, 2.24) is 5.32 Å². The fourth-order valence-electron chi connectivity index (χ4n) is 2.08. The van der Waals surface area contributed by atoms with Crippen LogP contribution in [-0.2, 0) is 10.8 Å². The third-order valence-corrected chi connectivity index (χ3v) is 3.84. The summed E-state index contributed by atoms with van der Waals surface area (Å²) in [5, 5.41) is 3.41. The van der Waals surface area contributed by atoms with Gasteiger partial charge in [0.25, 0.3) is 0 Å². The number of rotatable bonds is 6. The highest BCUT2D eigenvalue weighted by molar-refractivity contribution is 7.84. The Balaban J connectivity index is 1.73. The predicted molar refractivity (Wildman–Crippen MR) is 71.1 cm³/mol. The number of benzene rings is 1. The zero-order chi connectivity index (χ0) is 12.1. The monoisotopic (exact) mass is 253 g/mol. The van der Waals surface area contributed by atoms with Crippen LogP contribution in [0.2, 0.25) is 0 Å². The highest BCUT2D eigenvalue weighted by Gasteiger charge is 2.22. The maximum atomic E-state index is 10.9. The lowest BCUT2D eigenvalue weighted by Crippen LogP contribution is -2.24. The van der Waals surface area contributed by atoms with Crippen LogP contribution in [0.4, 0.5) is 0 Å². The number of nitrogens with one attached hydrogen (secondary N) is 1. The Morgan fingerprint density at radius 2 is 2.29 bits per heavy atom. The lowest BCUT2D eigenvalue weighted by Gasteiger charge is -2.09. The zero-order valence-corrected chi connectivity index (χ0v) is 11.0. The summed E-state index contributed by atoms with van der Waals surface area (Å²) >= 11 is 0. The molecule has 2 atom stereocenters. The van der Waals surface area contributed by atoms with E-state index in [1.165, 1.54) is 5.56 Å². The van der Waals surface area contributed by atoms with Crippen LogP contribution in [0.3, 0.4) is 0 Å². The van der Waals surface area contributed by atoms with Gasteiger partial charge in [0.15, 0.2) is 0 Å². The molecule has 0 aliphatic carbocycles. The fourth-order valence-corrected chi connectivity index (χ4v) is 2.63. The van der Waals surface area contributed by atoms with Gasteiger partial charge in [0.05, 0.1) is 6.61 Å². The first-order chi connectivity index (χ1) is 8.27. The van der Waals surface area contributed by atoms with Crippen LogP contribution < -0.4 is 10.1 Å². The van der Waals surface area contributed by atoms with Crippen LogP contribution in [-0.4, -0.2) is 35.9 Å². The van der Waals surface area contributed by atoms with Gasteiger partial charge in [0.2, 0.25) is 0 Å². The Labute approximate surface area is 105 Å². The molecule has 0 aromatic heterocycles. The van der Waals surface area contributed by atoms with Gasteiger partial charge in [-0.1, -0.05) is 18.2 Å². The molecule has 0 fully saturated rings. The SMILES string of the molecule is CS(=O)CCCNCC1COc2ccccc21. The van der Waals surface area contributed by atoms with Crippen molar-refractivity contribution in [3.8, 4) is 5.75 Å². The Morgan fingerprint density at radius 3 is 3.12 bits per heavy atom. The molecule has 4 heteroatoms. The topological polar surface area (TPSA) is 38.3 Å². The van der Waals surface area contributed by atoms with E-state index in [4.69, 9.17) is 4.74 Å². The van der Waals surface area contributed by atoms with E-state index in [-0.39, 0.29) is 0 Å². The van der Waals surface area contributed by atoms with Crippen molar-refractivity contribution in [1.29, 1.82) is 0 Å². The standard InChI is InChI=1S/C13H19NO2S/c1-17(15)8-4-7-14-9-11-10-16-13-6-3-2-5-12(11)13/h2-3,5-6,11,14H,4,7-10H2,1H3. The summed E-state index contributed by atoms with van der Waals surface area (Å²) in [5.74, 6) is 2.26. The van der Waals surface area contributed by atoms with E-state index in [2.05, 4.69) is 17.4 Å². The summed E-state index contributed by atoms with van der Waals surface area (Å²) in [7, 11) is -0.672. The summed E-state index contributed by atoms with van der Waals surface area (Å²) in [6.45, 7) is 2.64. The van der Waals surface area contributed by atoms with E-state index in [1.807, 2.05) is 12.1 Å². The second kappa shape index (κ2) is 6.17. The molecular formula is C13H19NO2S. The lowest BCUT2D eigenvalue weighted by molar-refractivity contribution is 0.326. The van der Waals surface area contributed by atoms with Gasteiger partial charge < -0.3 is 10.1 Å². The summed E-state index contributed by atoms with van der Waals surface area (Å²) in [6.07, 6.45) is 2.72. The Morgan fingerprint density at radius 1 is 1.47 bits per heavy atom. The van der Waals surface area contributed by atoms with Gasteiger partial charge in [0, 0.05) is 40.8 Å². The third kappa shape index (κ3) is 3.54. The highest BCUT2D eigenvalue weighted by atomic mass is 32.2. The van der Waals surface area contributed by atoms with Crippen LogP contribution in [0.1, 0.15) is 17.9 Å². The number of hydrogen-bond donors (Lipinski definition) is 1. The van der Waals surface area contributed by atoms with Crippen molar-refractivity contribution in [3.05, 3.63) is 29.8 Å². The predicted octanol–water partition coefficient (Wildman–Crippen LogP) is 1.52. The number of para-hydroxylation sites is 1. The van der Waals surface area contributed by atoms with Crippen LogP contribution >= 0.6 is 0 Å². The molecule has 2 unspecified atom stereocenters. The van der Waals surface area contributed by atoms with Gasteiger partial charge >= 0.3 is 0 Å². The molecule has 2 rings (SSSR count). The van der Waals surface area contributed by atoms with E-state index in [0.29, 0.717) is 5.92 Å².